The minimum absolute atomic E-state index is 0.0255. The van der Waals surface area contributed by atoms with Crippen LogP contribution in [0.4, 0.5) is 26.3 Å². The van der Waals surface area contributed by atoms with Crippen LogP contribution in [0.3, 0.4) is 0 Å². The van der Waals surface area contributed by atoms with Gasteiger partial charge in [-0.3, -0.25) is 0 Å². The zero-order valence-corrected chi connectivity index (χ0v) is 9.89. The lowest BCUT2D eigenvalue weighted by molar-refractivity contribution is -0.162. The smallest absolute Gasteiger partial charge is 0.198 e. The second kappa shape index (κ2) is 5.34. The molecule has 108 valence electrons. The van der Waals surface area contributed by atoms with E-state index in [1.165, 1.54) is 18.2 Å². The molecular formula is C12H3F6N3. The van der Waals surface area contributed by atoms with Crippen molar-refractivity contribution in [2.24, 2.45) is 0 Å². The summed E-state index contributed by atoms with van der Waals surface area (Å²) in [7, 11) is 0. The molecule has 0 N–H and O–H groups in total. The quantitative estimate of drug-likeness (QED) is 0.745. The van der Waals surface area contributed by atoms with Crippen LogP contribution in [0.5, 0.6) is 0 Å². The van der Waals surface area contributed by atoms with Crippen LogP contribution in [0.15, 0.2) is 6.07 Å². The Morgan fingerprint density at radius 2 is 1.48 bits per heavy atom. The molecule has 0 heterocycles. The highest BCUT2D eigenvalue weighted by Crippen LogP contribution is 2.44. The molecule has 1 aromatic rings. The topological polar surface area (TPSA) is 71.4 Å². The molecule has 0 fully saturated rings. The Morgan fingerprint density at radius 1 is 0.905 bits per heavy atom. The van der Waals surface area contributed by atoms with E-state index in [1.54, 1.807) is 0 Å². The number of hydrogen-bond acceptors (Lipinski definition) is 3. The van der Waals surface area contributed by atoms with Crippen LogP contribution >= 0.6 is 0 Å². The van der Waals surface area contributed by atoms with E-state index in [0.29, 0.717) is 0 Å². The number of alkyl halides is 6. The molecule has 21 heavy (non-hydrogen) atoms. The molecule has 0 aromatic heterocycles. The van der Waals surface area contributed by atoms with Gasteiger partial charge in [-0.15, -0.1) is 0 Å². The Kier molecular flexibility index (Phi) is 4.15. The maximum atomic E-state index is 12.9. The molecule has 9 heteroatoms. The Morgan fingerprint density at radius 3 is 1.81 bits per heavy atom. The minimum atomic E-state index is -5.42. The summed E-state index contributed by atoms with van der Waals surface area (Å²) in [4.78, 5) is 0. The largest absolute Gasteiger partial charge is 0.417 e. The molecule has 3 nitrogen and oxygen atoms in total. The van der Waals surface area contributed by atoms with Crippen molar-refractivity contribution in [3.63, 3.8) is 0 Å². The maximum Gasteiger partial charge on any atom is 0.417 e. The highest BCUT2D eigenvalue weighted by molar-refractivity contribution is 5.58. The summed E-state index contributed by atoms with van der Waals surface area (Å²) in [5.74, 6) is 0. The van der Waals surface area contributed by atoms with Gasteiger partial charge in [0.2, 0.25) is 0 Å². The van der Waals surface area contributed by atoms with Gasteiger partial charge in [0.15, 0.2) is 0 Å². The number of nitrogens with zero attached hydrogens (tertiary/aromatic N) is 3. The normalized spacial score (nSPS) is 11.4. The molecule has 0 saturated heterocycles. The fraction of sp³-hybridized carbons (Fsp3) is 0.250. The maximum absolute atomic E-state index is 12.9. The first-order valence-corrected chi connectivity index (χ1v) is 5.09. The van der Waals surface area contributed by atoms with Crippen LogP contribution in [0, 0.1) is 34.0 Å². The van der Waals surface area contributed by atoms with Crippen LogP contribution in [0.2, 0.25) is 0 Å². The van der Waals surface area contributed by atoms with Crippen molar-refractivity contribution in [2.45, 2.75) is 18.8 Å². The SMILES string of the molecule is N#CCc1c(C#N)c(C#N)cc(C(F)(F)F)c1C(F)(F)F. The summed E-state index contributed by atoms with van der Waals surface area (Å²) in [6, 6.07) is 3.74. The third-order valence-corrected chi connectivity index (χ3v) is 2.51. The summed E-state index contributed by atoms with van der Waals surface area (Å²) in [5, 5.41) is 26.0. The Balaban J connectivity index is 4.02. The Labute approximate surface area is 114 Å². The fourth-order valence-electron chi connectivity index (χ4n) is 1.76. The van der Waals surface area contributed by atoms with E-state index in [-0.39, 0.29) is 6.07 Å². The molecule has 0 radical (unpaired) electrons. The van der Waals surface area contributed by atoms with Gasteiger partial charge in [-0.05, 0) is 11.6 Å². The predicted molar refractivity (Wildman–Crippen MR) is 55.2 cm³/mol. The molecule has 0 atom stereocenters. The van der Waals surface area contributed by atoms with Crippen molar-refractivity contribution < 1.29 is 26.3 Å². The van der Waals surface area contributed by atoms with Gasteiger partial charge in [-0.1, -0.05) is 0 Å². The molecule has 0 bridgehead atoms. The Bertz CT molecular complexity index is 695. The van der Waals surface area contributed by atoms with E-state index < -0.39 is 46.6 Å². The molecule has 0 amide bonds. The first-order valence-electron chi connectivity index (χ1n) is 5.09. The highest BCUT2D eigenvalue weighted by atomic mass is 19.4. The van der Waals surface area contributed by atoms with E-state index in [0.717, 1.165) is 0 Å². The number of nitriles is 3. The number of hydrogen-bond donors (Lipinski definition) is 0. The van der Waals surface area contributed by atoms with E-state index in [4.69, 9.17) is 15.8 Å². The van der Waals surface area contributed by atoms with Gasteiger partial charge in [0, 0.05) is 0 Å². The zero-order chi connectivity index (χ0) is 16.4. The zero-order valence-electron chi connectivity index (χ0n) is 9.89. The second-order valence-corrected chi connectivity index (χ2v) is 3.75. The van der Waals surface area contributed by atoms with Gasteiger partial charge in [0.05, 0.1) is 34.7 Å². The predicted octanol–water partition coefficient (Wildman–Crippen LogP) is 3.53. The van der Waals surface area contributed by atoms with Crippen LogP contribution < -0.4 is 0 Å². The van der Waals surface area contributed by atoms with E-state index >= 15 is 0 Å². The number of halogens is 6. The number of rotatable bonds is 1. The molecular weight excluding hydrogens is 300 g/mol. The van der Waals surface area contributed by atoms with Crippen molar-refractivity contribution in [3.05, 3.63) is 33.9 Å². The molecule has 1 aromatic carbocycles. The average Bonchev–Trinajstić information content (AvgIpc) is 2.35. The molecule has 0 unspecified atom stereocenters. The summed E-state index contributed by atoms with van der Waals surface area (Å²) >= 11 is 0. The molecule has 0 aliphatic carbocycles. The van der Waals surface area contributed by atoms with Gasteiger partial charge in [-0.25, -0.2) is 0 Å². The van der Waals surface area contributed by atoms with Crippen molar-refractivity contribution in [1.82, 2.24) is 0 Å². The van der Waals surface area contributed by atoms with Crippen LogP contribution in [0.1, 0.15) is 27.8 Å². The summed E-state index contributed by atoms with van der Waals surface area (Å²) in [6.07, 6.45) is -11.9. The molecule has 0 aliphatic heterocycles. The van der Waals surface area contributed by atoms with Crippen molar-refractivity contribution in [1.29, 1.82) is 15.8 Å². The lowest BCUT2D eigenvalue weighted by atomic mass is 9.90. The second-order valence-electron chi connectivity index (χ2n) is 3.75. The van der Waals surface area contributed by atoms with Crippen molar-refractivity contribution >= 4 is 0 Å². The standard InChI is InChI=1S/C12H3F6N3/c13-11(14,15)9-3-6(4-20)8(5-21)7(1-2-19)10(9)12(16,17)18/h3H,1H2. The first-order chi connectivity index (χ1) is 9.57. The van der Waals surface area contributed by atoms with Gasteiger partial charge >= 0.3 is 12.4 Å². The van der Waals surface area contributed by atoms with Crippen molar-refractivity contribution in [2.75, 3.05) is 0 Å². The van der Waals surface area contributed by atoms with Crippen molar-refractivity contribution in [3.8, 4) is 18.2 Å². The van der Waals surface area contributed by atoms with E-state index in [1.807, 2.05) is 0 Å². The third kappa shape index (κ3) is 3.06. The number of benzene rings is 1. The van der Waals surface area contributed by atoms with Gasteiger partial charge < -0.3 is 0 Å². The Hall–Kier alpha value is -2.73. The average molecular weight is 303 g/mol. The summed E-state index contributed by atoms with van der Waals surface area (Å²) in [5.41, 5.74) is -7.07. The molecule has 1 rings (SSSR count). The monoisotopic (exact) mass is 303 g/mol. The van der Waals surface area contributed by atoms with E-state index in [2.05, 4.69) is 0 Å². The van der Waals surface area contributed by atoms with Gasteiger partial charge in [0.25, 0.3) is 0 Å². The minimum Gasteiger partial charge on any atom is -0.198 e. The third-order valence-electron chi connectivity index (χ3n) is 2.51. The summed E-state index contributed by atoms with van der Waals surface area (Å²) in [6.45, 7) is 0. The van der Waals surface area contributed by atoms with Gasteiger partial charge in [0.1, 0.15) is 12.1 Å². The lowest BCUT2D eigenvalue weighted by Gasteiger charge is -2.19. The van der Waals surface area contributed by atoms with Crippen LogP contribution in [0.25, 0.3) is 0 Å². The van der Waals surface area contributed by atoms with Crippen LogP contribution in [-0.2, 0) is 18.8 Å². The molecule has 0 aliphatic rings. The molecule has 0 spiro atoms. The highest BCUT2D eigenvalue weighted by Gasteiger charge is 2.46. The molecule has 0 saturated carbocycles. The fourth-order valence-corrected chi connectivity index (χ4v) is 1.76. The van der Waals surface area contributed by atoms with Crippen LogP contribution in [-0.4, -0.2) is 0 Å². The van der Waals surface area contributed by atoms with Gasteiger partial charge in [-0.2, -0.15) is 42.1 Å². The lowest BCUT2D eigenvalue weighted by Crippen LogP contribution is -2.21. The van der Waals surface area contributed by atoms with E-state index in [9.17, 15) is 26.3 Å². The summed E-state index contributed by atoms with van der Waals surface area (Å²) < 4.78 is 77.1. The first kappa shape index (κ1) is 16.3.